The number of aromatic nitrogens is 4. The summed E-state index contributed by atoms with van der Waals surface area (Å²) in [5.74, 6) is 1.53. The van der Waals surface area contributed by atoms with Gasteiger partial charge in [-0.3, -0.25) is 0 Å². The molecule has 3 rings (SSSR count). The monoisotopic (exact) mass is 301 g/mol. The molecule has 0 bridgehead atoms. The van der Waals surface area contributed by atoms with Crippen LogP contribution < -0.4 is 5.32 Å². The first-order valence-corrected chi connectivity index (χ1v) is 8.02. The van der Waals surface area contributed by atoms with Gasteiger partial charge in [-0.2, -0.15) is 10.1 Å². The molecule has 21 heavy (non-hydrogen) atoms. The molecule has 0 spiro atoms. The summed E-state index contributed by atoms with van der Waals surface area (Å²) in [6.45, 7) is 9.20. The van der Waals surface area contributed by atoms with E-state index in [9.17, 15) is 0 Å². The maximum atomic E-state index is 4.68. The third kappa shape index (κ3) is 2.40. The number of nitrogens with one attached hydrogen (secondary N) is 1. The zero-order chi connectivity index (χ0) is 15.0. The summed E-state index contributed by atoms with van der Waals surface area (Å²) >= 11 is 1.63. The molecule has 0 unspecified atom stereocenters. The highest BCUT2D eigenvalue weighted by atomic mass is 32.1. The van der Waals surface area contributed by atoms with Gasteiger partial charge in [0, 0.05) is 12.2 Å². The molecule has 0 amide bonds. The third-order valence-corrected chi connectivity index (χ3v) is 4.50. The molecule has 5 nitrogen and oxygen atoms in total. The van der Waals surface area contributed by atoms with Gasteiger partial charge in [-0.1, -0.05) is 6.92 Å². The van der Waals surface area contributed by atoms with E-state index in [-0.39, 0.29) is 0 Å². The Morgan fingerprint density at radius 3 is 2.71 bits per heavy atom. The van der Waals surface area contributed by atoms with Gasteiger partial charge in [0.25, 0.3) is 0 Å². The topological polar surface area (TPSA) is 55.6 Å². The minimum Gasteiger partial charge on any atom is -0.354 e. The van der Waals surface area contributed by atoms with E-state index in [0.717, 1.165) is 40.4 Å². The Kier molecular flexibility index (Phi) is 3.63. The fraction of sp³-hybridized carbons (Fsp3) is 0.400. The van der Waals surface area contributed by atoms with Gasteiger partial charge in [-0.25, -0.2) is 9.67 Å². The second kappa shape index (κ2) is 5.44. The van der Waals surface area contributed by atoms with Gasteiger partial charge in [0.05, 0.1) is 11.1 Å². The van der Waals surface area contributed by atoms with Gasteiger partial charge < -0.3 is 5.32 Å². The number of fused-ring (bicyclic) bond motifs is 1. The van der Waals surface area contributed by atoms with Gasteiger partial charge in [0.1, 0.15) is 4.83 Å². The number of hydrogen-bond donors (Lipinski definition) is 1. The second-order valence-corrected chi connectivity index (χ2v) is 6.04. The van der Waals surface area contributed by atoms with E-state index in [1.165, 1.54) is 5.56 Å². The maximum Gasteiger partial charge on any atom is 0.226 e. The summed E-state index contributed by atoms with van der Waals surface area (Å²) < 4.78 is 1.93. The maximum absolute atomic E-state index is 4.68. The Bertz CT molecular complexity index is 787. The largest absolute Gasteiger partial charge is 0.354 e. The van der Waals surface area contributed by atoms with Crippen LogP contribution in [0.2, 0.25) is 0 Å². The third-order valence-electron chi connectivity index (χ3n) is 3.69. The van der Waals surface area contributed by atoms with E-state index in [2.05, 4.69) is 47.2 Å². The van der Waals surface area contributed by atoms with Crippen LogP contribution in [0, 0.1) is 20.8 Å². The molecule has 0 saturated carbocycles. The van der Waals surface area contributed by atoms with Crippen LogP contribution in [0.5, 0.6) is 0 Å². The Morgan fingerprint density at radius 1 is 1.24 bits per heavy atom. The van der Waals surface area contributed by atoms with Gasteiger partial charge in [-0.15, -0.1) is 11.3 Å². The van der Waals surface area contributed by atoms with Crippen LogP contribution in [-0.4, -0.2) is 26.3 Å². The molecule has 0 aliphatic rings. The predicted octanol–water partition coefficient (Wildman–Crippen LogP) is 3.62. The average molecular weight is 301 g/mol. The number of rotatable bonds is 4. The van der Waals surface area contributed by atoms with Crippen molar-refractivity contribution in [2.24, 2.45) is 0 Å². The van der Waals surface area contributed by atoms with E-state index in [1.807, 2.05) is 17.0 Å². The fourth-order valence-corrected chi connectivity index (χ4v) is 3.00. The van der Waals surface area contributed by atoms with Crippen LogP contribution in [0.4, 0.5) is 5.95 Å². The predicted molar refractivity (Wildman–Crippen MR) is 87.5 cm³/mol. The highest BCUT2D eigenvalue weighted by Crippen LogP contribution is 2.27. The minimum atomic E-state index is 0.673. The van der Waals surface area contributed by atoms with E-state index < -0.39 is 0 Å². The van der Waals surface area contributed by atoms with Crippen molar-refractivity contribution in [2.75, 3.05) is 11.9 Å². The van der Waals surface area contributed by atoms with Crippen molar-refractivity contribution in [2.45, 2.75) is 34.1 Å². The van der Waals surface area contributed by atoms with Crippen LogP contribution in [-0.2, 0) is 0 Å². The van der Waals surface area contributed by atoms with Crippen LogP contribution in [0.15, 0.2) is 11.4 Å². The molecule has 1 N–H and O–H groups in total. The molecule has 110 valence electrons. The first-order valence-electron chi connectivity index (χ1n) is 7.14. The first-order chi connectivity index (χ1) is 10.1. The van der Waals surface area contributed by atoms with Gasteiger partial charge >= 0.3 is 0 Å². The minimum absolute atomic E-state index is 0.673. The molecule has 6 heteroatoms. The summed E-state index contributed by atoms with van der Waals surface area (Å²) in [6, 6.07) is 2.06. The average Bonchev–Trinajstić information content (AvgIpc) is 3.04. The smallest absolute Gasteiger partial charge is 0.226 e. The standard InChI is InChI=1S/C15H19N5S/c1-5-7-16-15-17-13(12-6-8-21-14(12)18-15)20-11(4)9(2)10(3)19-20/h6,8H,5,7H2,1-4H3,(H,16,17,18). The number of hydrogen-bond acceptors (Lipinski definition) is 5. The van der Waals surface area contributed by atoms with E-state index in [4.69, 9.17) is 0 Å². The molecule has 3 aromatic heterocycles. The molecule has 3 aromatic rings. The van der Waals surface area contributed by atoms with Crippen molar-refractivity contribution in [1.29, 1.82) is 0 Å². The van der Waals surface area contributed by atoms with Crippen molar-refractivity contribution >= 4 is 27.5 Å². The number of thiophene rings is 1. The lowest BCUT2D eigenvalue weighted by atomic mass is 10.2. The van der Waals surface area contributed by atoms with Crippen molar-refractivity contribution < 1.29 is 0 Å². The molecular formula is C15H19N5S. The highest BCUT2D eigenvalue weighted by Gasteiger charge is 2.15. The Labute approximate surface area is 128 Å². The summed E-state index contributed by atoms with van der Waals surface area (Å²) in [5.41, 5.74) is 3.37. The van der Waals surface area contributed by atoms with E-state index in [1.54, 1.807) is 11.3 Å². The van der Waals surface area contributed by atoms with Crippen LogP contribution in [0.25, 0.3) is 16.0 Å². The summed E-state index contributed by atoms with van der Waals surface area (Å²) in [6.07, 6.45) is 1.04. The molecular weight excluding hydrogens is 282 g/mol. The van der Waals surface area contributed by atoms with Crippen LogP contribution in [0.3, 0.4) is 0 Å². The molecule has 0 saturated heterocycles. The molecule has 0 aliphatic heterocycles. The van der Waals surface area contributed by atoms with Crippen molar-refractivity contribution in [3.8, 4) is 5.82 Å². The van der Waals surface area contributed by atoms with Crippen molar-refractivity contribution in [1.82, 2.24) is 19.7 Å². The Hall–Kier alpha value is -1.95. The molecule has 0 radical (unpaired) electrons. The second-order valence-electron chi connectivity index (χ2n) is 5.14. The molecule has 0 fully saturated rings. The lowest BCUT2D eigenvalue weighted by Gasteiger charge is -2.09. The molecule has 0 aromatic carbocycles. The Balaban J connectivity index is 2.19. The SMILES string of the molecule is CCCNc1nc(-n2nc(C)c(C)c2C)c2ccsc2n1. The highest BCUT2D eigenvalue weighted by molar-refractivity contribution is 7.16. The van der Waals surface area contributed by atoms with Crippen LogP contribution in [0.1, 0.15) is 30.3 Å². The zero-order valence-corrected chi connectivity index (χ0v) is 13.6. The molecule has 0 atom stereocenters. The number of aryl methyl sites for hydroxylation is 1. The van der Waals surface area contributed by atoms with Crippen molar-refractivity contribution in [3.05, 3.63) is 28.4 Å². The van der Waals surface area contributed by atoms with E-state index >= 15 is 0 Å². The lowest BCUT2D eigenvalue weighted by Crippen LogP contribution is -2.09. The molecule has 0 aliphatic carbocycles. The summed E-state index contributed by atoms with van der Waals surface area (Å²) in [5, 5.41) is 11.0. The van der Waals surface area contributed by atoms with Gasteiger partial charge in [-0.05, 0) is 44.2 Å². The van der Waals surface area contributed by atoms with Gasteiger partial charge in [0.15, 0.2) is 5.82 Å². The number of anilines is 1. The first kappa shape index (κ1) is 14.0. The lowest BCUT2D eigenvalue weighted by molar-refractivity contribution is 0.809. The normalized spacial score (nSPS) is 11.2. The zero-order valence-electron chi connectivity index (χ0n) is 12.8. The molecule has 3 heterocycles. The van der Waals surface area contributed by atoms with Crippen molar-refractivity contribution in [3.63, 3.8) is 0 Å². The van der Waals surface area contributed by atoms with Gasteiger partial charge in [0.2, 0.25) is 5.95 Å². The van der Waals surface area contributed by atoms with Crippen LogP contribution >= 0.6 is 11.3 Å². The Morgan fingerprint density at radius 2 is 2.05 bits per heavy atom. The fourth-order valence-electron chi connectivity index (χ4n) is 2.24. The quantitative estimate of drug-likeness (QED) is 0.799. The number of nitrogens with zero attached hydrogens (tertiary/aromatic N) is 4. The summed E-state index contributed by atoms with van der Waals surface area (Å²) in [7, 11) is 0. The summed E-state index contributed by atoms with van der Waals surface area (Å²) in [4.78, 5) is 10.2. The van der Waals surface area contributed by atoms with E-state index in [0.29, 0.717) is 5.95 Å².